The predicted molar refractivity (Wildman–Crippen MR) is 80.3 cm³/mol. The van der Waals surface area contributed by atoms with E-state index in [2.05, 4.69) is 41.6 Å². The minimum Gasteiger partial charge on any atom is -0.377 e. The lowest BCUT2D eigenvalue weighted by Gasteiger charge is -2.03. The third-order valence-corrected chi connectivity index (χ3v) is 3.71. The summed E-state index contributed by atoms with van der Waals surface area (Å²) in [6.07, 6.45) is 1.90. The van der Waals surface area contributed by atoms with Gasteiger partial charge in [0, 0.05) is 24.0 Å². The molecule has 3 nitrogen and oxygen atoms in total. The Labute approximate surface area is 118 Å². The second kappa shape index (κ2) is 7.38. The Hall–Kier alpha value is -1.23. The molecule has 0 spiro atoms. The summed E-state index contributed by atoms with van der Waals surface area (Å²) >= 11 is 1.67. The molecule has 0 radical (unpaired) electrons. The lowest BCUT2D eigenvalue weighted by atomic mass is 10.1. The molecule has 4 heteroatoms. The van der Waals surface area contributed by atoms with Gasteiger partial charge in [-0.2, -0.15) is 0 Å². The molecule has 2 aromatic rings. The van der Waals surface area contributed by atoms with Crippen molar-refractivity contribution < 1.29 is 4.74 Å². The maximum atomic E-state index is 5.54. The van der Waals surface area contributed by atoms with Crippen LogP contribution >= 0.6 is 11.3 Å². The zero-order valence-corrected chi connectivity index (χ0v) is 12.1. The molecule has 0 atom stereocenters. The van der Waals surface area contributed by atoms with Crippen LogP contribution < -0.4 is 5.73 Å². The van der Waals surface area contributed by atoms with Gasteiger partial charge in [0.05, 0.1) is 12.3 Å². The van der Waals surface area contributed by atoms with E-state index in [1.165, 1.54) is 5.56 Å². The Morgan fingerprint density at radius 1 is 1.26 bits per heavy atom. The molecule has 0 amide bonds. The Morgan fingerprint density at radius 2 is 2.05 bits per heavy atom. The number of aromatic nitrogens is 1. The zero-order chi connectivity index (χ0) is 13.5. The summed E-state index contributed by atoms with van der Waals surface area (Å²) in [5, 5.41) is 3.14. The fourth-order valence-corrected chi connectivity index (χ4v) is 2.64. The van der Waals surface area contributed by atoms with Crippen LogP contribution in [0.15, 0.2) is 29.6 Å². The van der Waals surface area contributed by atoms with Crippen molar-refractivity contribution in [1.29, 1.82) is 0 Å². The first-order valence-corrected chi connectivity index (χ1v) is 7.53. The molecule has 0 saturated carbocycles. The number of nitrogens with zero attached hydrogens (tertiary/aromatic N) is 1. The van der Waals surface area contributed by atoms with Gasteiger partial charge in [0.15, 0.2) is 0 Å². The SMILES string of the molecule is CCCOCc1ccc(-c2nc(CCN)cs2)cc1. The van der Waals surface area contributed by atoms with E-state index in [1.807, 2.05) is 0 Å². The van der Waals surface area contributed by atoms with E-state index in [0.29, 0.717) is 13.2 Å². The summed E-state index contributed by atoms with van der Waals surface area (Å²) in [5.41, 5.74) is 8.98. The first-order valence-electron chi connectivity index (χ1n) is 6.65. The molecule has 0 aliphatic heterocycles. The second-order valence-electron chi connectivity index (χ2n) is 4.43. The van der Waals surface area contributed by atoms with Crippen LogP contribution in [-0.4, -0.2) is 18.1 Å². The van der Waals surface area contributed by atoms with E-state index < -0.39 is 0 Å². The molecule has 1 heterocycles. The van der Waals surface area contributed by atoms with Gasteiger partial charge in [-0.15, -0.1) is 11.3 Å². The predicted octanol–water partition coefficient (Wildman–Crippen LogP) is 3.24. The lowest BCUT2D eigenvalue weighted by Crippen LogP contribution is -2.02. The standard InChI is InChI=1S/C15H20N2OS/c1-2-9-18-10-12-3-5-13(6-4-12)15-17-14(7-8-16)11-19-15/h3-6,11H,2,7-10,16H2,1H3. The van der Waals surface area contributed by atoms with Crippen molar-refractivity contribution in [3.05, 3.63) is 40.9 Å². The van der Waals surface area contributed by atoms with Gasteiger partial charge in [-0.3, -0.25) is 0 Å². The van der Waals surface area contributed by atoms with E-state index in [9.17, 15) is 0 Å². The summed E-state index contributed by atoms with van der Waals surface area (Å²) in [6.45, 7) is 4.27. The molecule has 0 saturated heterocycles. The monoisotopic (exact) mass is 276 g/mol. The van der Waals surface area contributed by atoms with E-state index >= 15 is 0 Å². The van der Waals surface area contributed by atoms with Gasteiger partial charge in [-0.1, -0.05) is 31.2 Å². The molecule has 2 rings (SSSR count). The Morgan fingerprint density at radius 3 is 2.74 bits per heavy atom. The molecule has 0 fully saturated rings. The molecule has 19 heavy (non-hydrogen) atoms. The fourth-order valence-electron chi connectivity index (χ4n) is 1.78. The van der Waals surface area contributed by atoms with Crippen molar-refractivity contribution >= 4 is 11.3 Å². The number of ether oxygens (including phenoxy) is 1. The van der Waals surface area contributed by atoms with Crippen LogP contribution in [0.5, 0.6) is 0 Å². The van der Waals surface area contributed by atoms with Crippen LogP contribution in [0.4, 0.5) is 0 Å². The highest BCUT2D eigenvalue weighted by Crippen LogP contribution is 2.24. The fraction of sp³-hybridized carbons (Fsp3) is 0.400. The molecule has 1 aromatic heterocycles. The van der Waals surface area contributed by atoms with Crippen LogP contribution in [0.3, 0.4) is 0 Å². The summed E-state index contributed by atoms with van der Waals surface area (Å²) < 4.78 is 5.52. The molecule has 0 bridgehead atoms. The number of thiazole rings is 1. The molecule has 1 aromatic carbocycles. The van der Waals surface area contributed by atoms with Crippen molar-refractivity contribution in [2.45, 2.75) is 26.4 Å². The largest absolute Gasteiger partial charge is 0.377 e. The van der Waals surface area contributed by atoms with Gasteiger partial charge < -0.3 is 10.5 Å². The number of rotatable bonds is 7. The second-order valence-corrected chi connectivity index (χ2v) is 5.29. The van der Waals surface area contributed by atoms with Gasteiger partial charge in [0.1, 0.15) is 5.01 Å². The highest BCUT2D eigenvalue weighted by Gasteiger charge is 2.04. The van der Waals surface area contributed by atoms with Crippen LogP contribution in [0, 0.1) is 0 Å². The van der Waals surface area contributed by atoms with Crippen LogP contribution in [-0.2, 0) is 17.8 Å². The lowest BCUT2D eigenvalue weighted by molar-refractivity contribution is 0.121. The first-order chi connectivity index (χ1) is 9.33. The molecular weight excluding hydrogens is 256 g/mol. The average Bonchev–Trinajstić information content (AvgIpc) is 2.89. The van der Waals surface area contributed by atoms with Gasteiger partial charge in [-0.05, 0) is 18.5 Å². The minimum atomic E-state index is 0.650. The van der Waals surface area contributed by atoms with Gasteiger partial charge >= 0.3 is 0 Å². The maximum Gasteiger partial charge on any atom is 0.123 e. The molecule has 0 aliphatic rings. The highest BCUT2D eigenvalue weighted by atomic mass is 32.1. The van der Waals surface area contributed by atoms with Crippen molar-refractivity contribution in [3.8, 4) is 10.6 Å². The Kier molecular flexibility index (Phi) is 5.51. The van der Waals surface area contributed by atoms with Crippen LogP contribution in [0.1, 0.15) is 24.6 Å². The number of nitrogens with two attached hydrogens (primary N) is 1. The quantitative estimate of drug-likeness (QED) is 0.790. The van der Waals surface area contributed by atoms with Gasteiger partial charge in [0.25, 0.3) is 0 Å². The topological polar surface area (TPSA) is 48.1 Å². The summed E-state index contributed by atoms with van der Waals surface area (Å²) in [4.78, 5) is 4.58. The van der Waals surface area contributed by atoms with Crippen molar-refractivity contribution in [3.63, 3.8) is 0 Å². The van der Waals surface area contributed by atoms with Crippen LogP contribution in [0.2, 0.25) is 0 Å². The Balaban J connectivity index is 2.00. The molecule has 0 aliphatic carbocycles. The minimum absolute atomic E-state index is 0.650. The van der Waals surface area contributed by atoms with E-state index in [-0.39, 0.29) is 0 Å². The number of hydrogen-bond donors (Lipinski definition) is 1. The number of benzene rings is 1. The van der Waals surface area contributed by atoms with Gasteiger partial charge in [0.2, 0.25) is 0 Å². The summed E-state index contributed by atoms with van der Waals surface area (Å²) in [6, 6.07) is 8.43. The Bertz CT molecular complexity index is 493. The molecule has 2 N–H and O–H groups in total. The summed E-state index contributed by atoms with van der Waals surface area (Å²) in [5.74, 6) is 0. The van der Waals surface area contributed by atoms with E-state index in [4.69, 9.17) is 10.5 Å². The van der Waals surface area contributed by atoms with E-state index in [0.717, 1.165) is 35.7 Å². The summed E-state index contributed by atoms with van der Waals surface area (Å²) in [7, 11) is 0. The molecular formula is C15H20N2OS. The van der Waals surface area contributed by atoms with Crippen molar-refractivity contribution in [1.82, 2.24) is 4.98 Å². The highest BCUT2D eigenvalue weighted by molar-refractivity contribution is 7.13. The van der Waals surface area contributed by atoms with Crippen molar-refractivity contribution in [2.24, 2.45) is 5.73 Å². The average molecular weight is 276 g/mol. The van der Waals surface area contributed by atoms with Gasteiger partial charge in [-0.25, -0.2) is 4.98 Å². The third-order valence-electron chi connectivity index (χ3n) is 2.77. The number of hydrogen-bond acceptors (Lipinski definition) is 4. The maximum absolute atomic E-state index is 5.54. The molecule has 102 valence electrons. The normalized spacial score (nSPS) is 10.8. The molecule has 0 unspecified atom stereocenters. The van der Waals surface area contributed by atoms with Crippen molar-refractivity contribution in [2.75, 3.05) is 13.2 Å². The smallest absolute Gasteiger partial charge is 0.123 e. The zero-order valence-electron chi connectivity index (χ0n) is 11.3. The van der Waals surface area contributed by atoms with E-state index in [1.54, 1.807) is 11.3 Å². The third kappa shape index (κ3) is 4.13. The van der Waals surface area contributed by atoms with Crippen LogP contribution in [0.25, 0.3) is 10.6 Å². The first kappa shape index (κ1) is 14.2.